The summed E-state index contributed by atoms with van der Waals surface area (Å²) in [5.74, 6) is -1.25. The molecule has 14 heteroatoms. The van der Waals surface area contributed by atoms with Crippen LogP contribution in [0.2, 0.25) is 5.02 Å². The van der Waals surface area contributed by atoms with Crippen molar-refractivity contribution in [3.8, 4) is 16.9 Å². The summed E-state index contributed by atoms with van der Waals surface area (Å²) in [7, 11) is -4.71. The van der Waals surface area contributed by atoms with Crippen molar-refractivity contribution in [2.75, 3.05) is 10.8 Å². The number of halogens is 7. The first kappa shape index (κ1) is 30.5. The molecule has 0 saturated heterocycles. The topological polar surface area (TPSA) is 83.9 Å². The predicted octanol–water partition coefficient (Wildman–Crippen LogP) is 7.50. The van der Waals surface area contributed by atoms with Gasteiger partial charge in [-0.15, -0.1) is 0 Å². The van der Waals surface area contributed by atoms with Gasteiger partial charge in [0.25, 0.3) is 10.0 Å². The molecule has 0 aromatic heterocycles. The number of benzene rings is 3. The minimum atomic E-state index is -4.84. The Morgan fingerprint density at radius 2 is 1.66 bits per heavy atom. The number of aliphatic carboxylic acids is 1. The molecule has 3 aromatic rings. The lowest BCUT2D eigenvalue weighted by Crippen LogP contribution is -2.46. The second kappa shape index (κ2) is 10.4. The highest BCUT2D eigenvalue weighted by molar-refractivity contribution is 7.92. The van der Waals surface area contributed by atoms with E-state index in [1.165, 1.54) is 38.1 Å². The van der Waals surface area contributed by atoms with Gasteiger partial charge in [0, 0.05) is 12.0 Å². The zero-order chi connectivity index (χ0) is 30.5. The third-order valence-corrected chi connectivity index (χ3v) is 8.76. The molecule has 220 valence electrons. The Bertz CT molecular complexity index is 1600. The summed E-state index contributed by atoms with van der Waals surface area (Å²) in [4.78, 5) is 11.0. The van der Waals surface area contributed by atoms with Gasteiger partial charge in [-0.05, 0) is 55.8 Å². The van der Waals surface area contributed by atoms with Crippen LogP contribution in [0, 0.1) is 5.41 Å². The maximum absolute atomic E-state index is 13.8. The summed E-state index contributed by atoms with van der Waals surface area (Å²) in [6.45, 7) is 2.32. The van der Waals surface area contributed by atoms with Crippen LogP contribution in [0.3, 0.4) is 0 Å². The SMILES string of the molecule is CC(C)(C[C@H]1CN(S(=O)(=O)c2cccc(C(F)(F)F)c2)c2cc(-c3cccc(C(F)(F)F)c3Cl)ccc2O1)C(=O)O. The van der Waals surface area contributed by atoms with Crippen LogP contribution in [-0.2, 0) is 27.2 Å². The smallest absolute Gasteiger partial charge is 0.417 e. The fourth-order valence-corrected chi connectivity index (χ4v) is 6.29. The minimum absolute atomic E-state index is 0.0650. The second-order valence-electron chi connectivity index (χ2n) is 10.0. The van der Waals surface area contributed by atoms with Crippen molar-refractivity contribution in [1.29, 1.82) is 0 Å². The first-order chi connectivity index (χ1) is 18.8. The van der Waals surface area contributed by atoms with Crippen molar-refractivity contribution in [3.05, 3.63) is 76.8 Å². The van der Waals surface area contributed by atoms with Gasteiger partial charge < -0.3 is 9.84 Å². The summed E-state index contributed by atoms with van der Waals surface area (Å²) in [6, 6.07) is 10.1. The van der Waals surface area contributed by atoms with Gasteiger partial charge in [-0.25, -0.2) is 8.42 Å². The van der Waals surface area contributed by atoms with Crippen molar-refractivity contribution < 1.29 is 49.4 Å². The lowest BCUT2D eigenvalue weighted by Gasteiger charge is -2.38. The molecule has 1 heterocycles. The van der Waals surface area contributed by atoms with E-state index in [1.807, 2.05) is 0 Å². The van der Waals surface area contributed by atoms with E-state index in [0.29, 0.717) is 12.1 Å². The van der Waals surface area contributed by atoms with E-state index in [4.69, 9.17) is 16.3 Å². The molecule has 3 aromatic carbocycles. The molecule has 41 heavy (non-hydrogen) atoms. The van der Waals surface area contributed by atoms with E-state index >= 15 is 0 Å². The lowest BCUT2D eigenvalue weighted by molar-refractivity contribution is -0.148. The Morgan fingerprint density at radius 1 is 1.00 bits per heavy atom. The molecule has 4 rings (SSSR count). The van der Waals surface area contributed by atoms with Crippen molar-refractivity contribution in [2.24, 2.45) is 5.41 Å². The molecule has 6 nitrogen and oxygen atoms in total. The molecule has 1 N–H and O–H groups in total. The maximum Gasteiger partial charge on any atom is 0.417 e. The molecule has 0 fully saturated rings. The fourth-order valence-electron chi connectivity index (χ4n) is 4.40. The summed E-state index contributed by atoms with van der Waals surface area (Å²) in [5.41, 5.74) is -3.85. The number of carboxylic acids is 1. The van der Waals surface area contributed by atoms with E-state index in [2.05, 4.69) is 0 Å². The van der Waals surface area contributed by atoms with E-state index < -0.39 is 67.5 Å². The molecule has 1 aliphatic rings. The molecule has 1 aliphatic heterocycles. The van der Waals surface area contributed by atoms with Crippen molar-refractivity contribution in [1.82, 2.24) is 0 Å². The Hall–Kier alpha value is -3.45. The summed E-state index contributed by atoms with van der Waals surface area (Å²) in [5, 5.41) is 8.93. The standard InChI is InChI=1S/C27H22ClF6NO5S/c1-25(2,24(36)37)13-17-14-35(41(38,39)18-6-3-5-16(12-18)26(29,30)31)21-11-15(9-10-22(21)40-17)19-7-4-8-20(23(19)28)27(32,33)34/h3-12,17H,13-14H2,1-2H3,(H,36,37)/t17-/m0/s1. The average Bonchev–Trinajstić information content (AvgIpc) is 2.86. The van der Waals surface area contributed by atoms with Crippen molar-refractivity contribution in [2.45, 2.75) is 43.6 Å². The van der Waals surface area contributed by atoms with Crippen LogP contribution in [0.1, 0.15) is 31.4 Å². The molecule has 1 atom stereocenters. The van der Waals surface area contributed by atoms with Crippen molar-refractivity contribution in [3.63, 3.8) is 0 Å². The third kappa shape index (κ3) is 6.10. The number of hydrogen-bond donors (Lipinski definition) is 1. The normalized spacial score (nSPS) is 16.2. The molecule has 0 radical (unpaired) electrons. The van der Waals surface area contributed by atoms with Gasteiger partial charge >= 0.3 is 18.3 Å². The second-order valence-corrected chi connectivity index (χ2v) is 12.3. The van der Waals surface area contributed by atoms with Gasteiger partial charge in [0.05, 0.1) is 38.7 Å². The zero-order valence-electron chi connectivity index (χ0n) is 21.3. The quantitative estimate of drug-likeness (QED) is 0.288. The van der Waals surface area contributed by atoms with Crippen LogP contribution < -0.4 is 9.04 Å². The maximum atomic E-state index is 13.8. The molecule has 0 bridgehead atoms. The number of alkyl halides is 6. The first-order valence-corrected chi connectivity index (χ1v) is 13.7. The number of carbonyl (C=O) groups is 1. The minimum Gasteiger partial charge on any atom is -0.486 e. The molecular formula is C27H22ClF6NO5S. The molecule has 0 unspecified atom stereocenters. The highest BCUT2D eigenvalue weighted by atomic mass is 35.5. The molecule has 0 aliphatic carbocycles. The van der Waals surface area contributed by atoms with Crippen LogP contribution in [0.15, 0.2) is 65.6 Å². The summed E-state index contributed by atoms with van der Waals surface area (Å²) < 4.78 is 115. The lowest BCUT2D eigenvalue weighted by atomic mass is 9.86. The van der Waals surface area contributed by atoms with Gasteiger partial charge in [0.2, 0.25) is 0 Å². The molecule has 0 spiro atoms. The number of hydrogen-bond acceptors (Lipinski definition) is 4. The predicted molar refractivity (Wildman–Crippen MR) is 138 cm³/mol. The third-order valence-electron chi connectivity index (χ3n) is 6.57. The van der Waals surface area contributed by atoms with Crippen LogP contribution in [0.4, 0.5) is 32.0 Å². The Balaban J connectivity index is 1.88. The van der Waals surface area contributed by atoms with E-state index in [9.17, 15) is 44.7 Å². The zero-order valence-corrected chi connectivity index (χ0v) is 22.9. The Labute approximate surface area is 236 Å². The highest BCUT2D eigenvalue weighted by Crippen LogP contribution is 2.45. The Kier molecular flexibility index (Phi) is 7.76. The molecule has 0 saturated carbocycles. The largest absolute Gasteiger partial charge is 0.486 e. The van der Waals surface area contributed by atoms with Gasteiger partial charge in [0.1, 0.15) is 11.9 Å². The number of fused-ring (bicyclic) bond motifs is 1. The molecular weight excluding hydrogens is 600 g/mol. The van der Waals surface area contributed by atoms with Crippen LogP contribution in [0.5, 0.6) is 5.75 Å². The highest BCUT2D eigenvalue weighted by Gasteiger charge is 2.41. The van der Waals surface area contributed by atoms with E-state index in [0.717, 1.165) is 28.6 Å². The number of sulfonamides is 1. The van der Waals surface area contributed by atoms with Crippen LogP contribution in [-0.4, -0.2) is 32.1 Å². The van der Waals surface area contributed by atoms with Gasteiger partial charge in [-0.1, -0.05) is 35.9 Å². The summed E-state index contributed by atoms with van der Waals surface area (Å²) >= 11 is 6.07. The molecule has 0 amide bonds. The van der Waals surface area contributed by atoms with Crippen molar-refractivity contribution >= 4 is 33.3 Å². The van der Waals surface area contributed by atoms with E-state index in [1.54, 1.807) is 0 Å². The average molecular weight is 622 g/mol. The van der Waals surface area contributed by atoms with E-state index in [-0.39, 0.29) is 29.0 Å². The first-order valence-electron chi connectivity index (χ1n) is 11.9. The van der Waals surface area contributed by atoms with Gasteiger partial charge in [0.15, 0.2) is 0 Å². The number of rotatable bonds is 6. The fraction of sp³-hybridized carbons (Fsp3) is 0.296. The number of ether oxygens (including phenoxy) is 1. The number of nitrogens with zero attached hydrogens (tertiary/aromatic N) is 1. The number of carboxylic acid groups (broad SMARTS) is 1. The van der Waals surface area contributed by atoms with Crippen LogP contribution >= 0.6 is 11.6 Å². The Morgan fingerprint density at radius 3 is 2.27 bits per heavy atom. The van der Waals surface area contributed by atoms with Gasteiger partial charge in [-0.2, -0.15) is 26.3 Å². The van der Waals surface area contributed by atoms with Crippen LogP contribution in [0.25, 0.3) is 11.1 Å². The monoisotopic (exact) mass is 621 g/mol. The summed E-state index contributed by atoms with van der Waals surface area (Å²) in [6.07, 6.45) is -10.8. The van der Waals surface area contributed by atoms with Gasteiger partial charge in [-0.3, -0.25) is 9.10 Å². The number of anilines is 1.